The molecule has 21 heavy (non-hydrogen) atoms. The lowest BCUT2D eigenvalue weighted by Gasteiger charge is -2.48. The summed E-state index contributed by atoms with van der Waals surface area (Å²) in [4.78, 5) is 2.33. The first kappa shape index (κ1) is 15.0. The molecule has 1 saturated heterocycles. The lowest BCUT2D eigenvalue weighted by Crippen LogP contribution is -2.55. The van der Waals surface area contributed by atoms with Crippen LogP contribution in [0, 0.1) is 5.92 Å². The van der Waals surface area contributed by atoms with Crippen molar-refractivity contribution < 1.29 is 10.2 Å². The van der Waals surface area contributed by atoms with Crippen molar-refractivity contribution in [1.82, 2.24) is 4.90 Å². The molecule has 2 fully saturated rings. The Labute approximate surface area is 127 Å². The first-order chi connectivity index (χ1) is 10.00. The smallest absolute Gasteiger partial charge is 0.0994 e. The van der Waals surface area contributed by atoms with Crippen LogP contribution < -0.4 is 0 Å². The zero-order chi connectivity index (χ0) is 14.9. The molecule has 3 nitrogen and oxygen atoms in total. The van der Waals surface area contributed by atoms with E-state index < -0.39 is 11.2 Å². The summed E-state index contributed by atoms with van der Waals surface area (Å²) in [5, 5.41) is 21.5. The molecule has 2 aliphatic rings. The van der Waals surface area contributed by atoms with E-state index in [2.05, 4.69) is 4.90 Å². The summed E-state index contributed by atoms with van der Waals surface area (Å²) >= 11 is 0. The van der Waals surface area contributed by atoms with Crippen LogP contribution in [0.25, 0.3) is 0 Å². The van der Waals surface area contributed by atoms with E-state index in [1.165, 1.54) is 6.42 Å². The SMILES string of the molecule is CC(O)(CN1CCC2(O)CCCCC2C1)c1ccccc1. The van der Waals surface area contributed by atoms with Crippen molar-refractivity contribution in [3.8, 4) is 0 Å². The van der Waals surface area contributed by atoms with Gasteiger partial charge in [-0.3, -0.25) is 4.90 Å². The summed E-state index contributed by atoms with van der Waals surface area (Å²) in [7, 11) is 0. The molecule has 2 N–H and O–H groups in total. The van der Waals surface area contributed by atoms with Crippen LogP contribution in [0.4, 0.5) is 0 Å². The standard InChI is InChI=1S/C18H27NO2/c1-17(20,15-7-3-2-4-8-15)14-19-12-11-18(21)10-6-5-9-16(18)13-19/h2-4,7-8,16,20-21H,5-6,9-14H2,1H3. The first-order valence-electron chi connectivity index (χ1n) is 8.22. The predicted molar refractivity (Wildman–Crippen MR) is 84.0 cm³/mol. The van der Waals surface area contributed by atoms with E-state index >= 15 is 0 Å². The van der Waals surface area contributed by atoms with Gasteiger partial charge in [-0.1, -0.05) is 43.2 Å². The molecule has 1 aliphatic carbocycles. The van der Waals surface area contributed by atoms with Gasteiger partial charge >= 0.3 is 0 Å². The maximum Gasteiger partial charge on any atom is 0.0994 e. The second-order valence-corrected chi connectivity index (χ2v) is 7.17. The Balaban J connectivity index is 1.66. The summed E-state index contributed by atoms with van der Waals surface area (Å²) in [6.45, 7) is 4.34. The number of rotatable bonds is 3. The number of β-amino-alcohol motifs (C(OH)–C–C–N with tert-alkyl or cyclic N) is 1. The Bertz CT molecular complexity index is 473. The number of piperidine rings is 1. The van der Waals surface area contributed by atoms with Crippen molar-refractivity contribution in [1.29, 1.82) is 0 Å². The van der Waals surface area contributed by atoms with Crippen LogP contribution in [0.15, 0.2) is 30.3 Å². The highest BCUT2D eigenvalue weighted by Crippen LogP contribution is 2.40. The molecule has 0 bridgehead atoms. The number of hydrogen-bond acceptors (Lipinski definition) is 3. The van der Waals surface area contributed by atoms with Crippen molar-refractivity contribution >= 4 is 0 Å². The quantitative estimate of drug-likeness (QED) is 0.898. The maximum absolute atomic E-state index is 10.8. The Kier molecular flexibility index (Phi) is 4.08. The van der Waals surface area contributed by atoms with Crippen LogP contribution in [0.2, 0.25) is 0 Å². The van der Waals surface area contributed by atoms with Gasteiger partial charge in [0.25, 0.3) is 0 Å². The fourth-order valence-electron chi connectivity index (χ4n) is 4.11. The molecule has 3 unspecified atom stereocenters. The third-order valence-electron chi connectivity index (χ3n) is 5.44. The van der Waals surface area contributed by atoms with Gasteiger partial charge in [-0.25, -0.2) is 0 Å². The number of benzene rings is 1. The fraction of sp³-hybridized carbons (Fsp3) is 0.667. The highest BCUT2D eigenvalue weighted by atomic mass is 16.3. The van der Waals surface area contributed by atoms with E-state index in [0.29, 0.717) is 12.5 Å². The Hall–Kier alpha value is -0.900. The summed E-state index contributed by atoms with van der Waals surface area (Å²) in [5.74, 6) is 0.381. The van der Waals surface area contributed by atoms with Gasteiger partial charge in [0.2, 0.25) is 0 Å². The van der Waals surface area contributed by atoms with E-state index in [4.69, 9.17) is 0 Å². The van der Waals surface area contributed by atoms with Gasteiger partial charge in [-0.2, -0.15) is 0 Å². The zero-order valence-corrected chi connectivity index (χ0v) is 13.0. The highest BCUT2D eigenvalue weighted by Gasteiger charge is 2.43. The minimum Gasteiger partial charge on any atom is -0.390 e. The van der Waals surface area contributed by atoms with Crippen LogP contribution in [-0.4, -0.2) is 40.3 Å². The normalized spacial score (nSPS) is 33.2. The summed E-state index contributed by atoms with van der Waals surface area (Å²) in [6, 6.07) is 9.89. The van der Waals surface area contributed by atoms with Gasteiger partial charge in [-0.15, -0.1) is 0 Å². The zero-order valence-electron chi connectivity index (χ0n) is 13.0. The lowest BCUT2D eigenvalue weighted by atomic mass is 9.71. The maximum atomic E-state index is 10.8. The fourth-order valence-corrected chi connectivity index (χ4v) is 4.11. The summed E-state index contributed by atoms with van der Waals surface area (Å²) < 4.78 is 0. The van der Waals surface area contributed by atoms with Gasteiger partial charge in [0.05, 0.1) is 11.2 Å². The van der Waals surface area contributed by atoms with Crippen LogP contribution in [-0.2, 0) is 5.60 Å². The molecule has 1 aliphatic heterocycles. The van der Waals surface area contributed by atoms with Gasteiger partial charge in [0.15, 0.2) is 0 Å². The number of aliphatic hydroxyl groups is 2. The highest BCUT2D eigenvalue weighted by molar-refractivity contribution is 5.22. The Morgan fingerprint density at radius 1 is 1.24 bits per heavy atom. The van der Waals surface area contributed by atoms with E-state index in [1.54, 1.807) is 0 Å². The number of nitrogens with zero attached hydrogens (tertiary/aromatic N) is 1. The van der Waals surface area contributed by atoms with E-state index in [0.717, 1.165) is 44.3 Å². The average Bonchev–Trinajstić information content (AvgIpc) is 2.48. The monoisotopic (exact) mass is 289 g/mol. The van der Waals surface area contributed by atoms with Crippen LogP contribution in [0.3, 0.4) is 0 Å². The Morgan fingerprint density at radius 3 is 2.76 bits per heavy atom. The molecule has 0 aromatic heterocycles. The van der Waals surface area contributed by atoms with Gasteiger partial charge in [-0.05, 0) is 31.7 Å². The summed E-state index contributed by atoms with van der Waals surface area (Å²) in [5.41, 5.74) is -0.298. The third kappa shape index (κ3) is 3.15. The van der Waals surface area contributed by atoms with Gasteiger partial charge in [0, 0.05) is 25.6 Å². The number of hydrogen-bond donors (Lipinski definition) is 2. The first-order valence-corrected chi connectivity index (χ1v) is 8.22. The minimum atomic E-state index is -0.828. The molecule has 0 amide bonds. The number of fused-ring (bicyclic) bond motifs is 1. The van der Waals surface area contributed by atoms with E-state index in [9.17, 15) is 10.2 Å². The second kappa shape index (κ2) is 5.71. The molecular formula is C18H27NO2. The average molecular weight is 289 g/mol. The molecule has 3 heteroatoms. The van der Waals surface area contributed by atoms with Crippen molar-refractivity contribution in [3.05, 3.63) is 35.9 Å². The molecule has 1 saturated carbocycles. The van der Waals surface area contributed by atoms with E-state index in [-0.39, 0.29) is 0 Å². The van der Waals surface area contributed by atoms with Crippen molar-refractivity contribution in [2.45, 2.75) is 50.2 Å². The van der Waals surface area contributed by atoms with Gasteiger partial charge < -0.3 is 10.2 Å². The van der Waals surface area contributed by atoms with Crippen LogP contribution >= 0.6 is 0 Å². The largest absolute Gasteiger partial charge is 0.390 e. The summed E-state index contributed by atoms with van der Waals surface area (Å²) in [6.07, 6.45) is 5.33. The molecule has 1 aromatic rings. The van der Waals surface area contributed by atoms with Crippen LogP contribution in [0.1, 0.15) is 44.6 Å². The third-order valence-corrected chi connectivity index (χ3v) is 5.44. The minimum absolute atomic E-state index is 0.381. The molecule has 1 aromatic carbocycles. The molecule has 0 radical (unpaired) electrons. The van der Waals surface area contributed by atoms with Crippen LogP contribution in [0.5, 0.6) is 0 Å². The molecule has 1 heterocycles. The van der Waals surface area contributed by atoms with Gasteiger partial charge in [0.1, 0.15) is 0 Å². The lowest BCUT2D eigenvalue weighted by molar-refractivity contribution is -0.107. The molecule has 0 spiro atoms. The topological polar surface area (TPSA) is 43.7 Å². The van der Waals surface area contributed by atoms with Crippen molar-refractivity contribution in [2.75, 3.05) is 19.6 Å². The second-order valence-electron chi connectivity index (χ2n) is 7.17. The molecular weight excluding hydrogens is 262 g/mol. The predicted octanol–water partition coefficient (Wildman–Crippen LogP) is 2.52. The molecule has 116 valence electrons. The van der Waals surface area contributed by atoms with Crippen molar-refractivity contribution in [2.24, 2.45) is 5.92 Å². The number of likely N-dealkylation sites (tertiary alicyclic amines) is 1. The van der Waals surface area contributed by atoms with E-state index in [1.807, 2.05) is 37.3 Å². The molecule has 3 rings (SSSR count). The molecule has 3 atom stereocenters. The Morgan fingerprint density at radius 2 is 2.00 bits per heavy atom. The van der Waals surface area contributed by atoms with Crippen molar-refractivity contribution in [3.63, 3.8) is 0 Å².